The number of fused-ring (bicyclic) bond motifs is 1. The fraction of sp³-hybridized carbons (Fsp3) is 0.323. The van der Waals surface area contributed by atoms with Gasteiger partial charge in [0.05, 0.1) is 24.3 Å². The first-order chi connectivity index (χ1) is 20.0. The lowest BCUT2D eigenvalue weighted by Crippen LogP contribution is -2.47. The highest BCUT2D eigenvalue weighted by Crippen LogP contribution is 2.44. The summed E-state index contributed by atoms with van der Waals surface area (Å²) in [5.74, 6) is -0.839. The van der Waals surface area contributed by atoms with Crippen LogP contribution >= 0.6 is 22.9 Å². The van der Waals surface area contributed by atoms with Crippen LogP contribution in [0.4, 0.5) is 14.2 Å². The predicted molar refractivity (Wildman–Crippen MR) is 160 cm³/mol. The lowest BCUT2D eigenvalue weighted by Gasteiger charge is -2.40. The Morgan fingerprint density at radius 1 is 1.17 bits per heavy atom. The Balaban J connectivity index is 1.59. The molecule has 1 atom stereocenters. The number of esters is 1. The monoisotopic (exact) mass is 611 g/mol. The fourth-order valence-electron chi connectivity index (χ4n) is 5.53. The summed E-state index contributed by atoms with van der Waals surface area (Å²) in [6.45, 7) is 3.63. The second kappa shape index (κ2) is 11.8. The van der Waals surface area contributed by atoms with E-state index in [2.05, 4.69) is 5.32 Å². The van der Waals surface area contributed by atoms with Gasteiger partial charge in [0.15, 0.2) is 0 Å². The Bertz CT molecular complexity index is 1630. The maximum absolute atomic E-state index is 14.8. The van der Waals surface area contributed by atoms with Crippen molar-refractivity contribution in [2.45, 2.75) is 45.6 Å². The Hall–Kier alpha value is -3.89. The number of urea groups is 1. The molecule has 0 spiro atoms. The van der Waals surface area contributed by atoms with Crippen LogP contribution in [0.25, 0.3) is 0 Å². The number of aryl methyl sites for hydroxylation is 2. The molecule has 1 aliphatic heterocycles. The highest BCUT2D eigenvalue weighted by molar-refractivity contribution is 7.17. The SMILES string of the molecule is CCc1cc(Oc2ccc(F)cc2C2C(C(=O)Nc3sc4c(c3C(=O)OC)CCC4)=C(C)N(C)C(=O)N2C)ccc1Cl. The van der Waals surface area contributed by atoms with E-state index in [0.29, 0.717) is 39.0 Å². The Labute approximate surface area is 252 Å². The molecule has 0 radical (unpaired) electrons. The number of carbonyl (C=O) groups is 3. The number of methoxy groups -OCH3 is 1. The number of anilines is 1. The molecule has 0 saturated carbocycles. The van der Waals surface area contributed by atoms with Crippen LogP contribution in [0.3, 0.4) is 0 Å². The minimum atomic E-state index is -0.995. The van der Waals surface area contributed by atoms with Crippen LogP contribution in [-0.4, -0.2) is 48.9 Å². The van der Waals surface area contributed by atoms with Crippen LogP contribution in [0.15, 0.2) is 47.7 Å². The zero-order chi connectivity index (χ0) is 30.3. The van der Waals surface area contributed by atoms with Crippen LogP contribution in [0.2, 0.25) is 5.02 Å². The number of thiophene rings is 1. The van der Waals surface area contributed by atoms with Crippen molar-refractivity contribution in [3.63, 3.8) is 0 Å². The summed E-state index contributed by atoms with van der Waals surface area (Å²) in [6, 6.07) is 7.87. The maximum Gasteiger partial charge on any atom is 0.341 e. The summed E-state index contributed by atoms with van der Waals surface area (Å²) in [5.41, 5.74) is 3.02. The number of hydrogen-bond donors (Lipinski definition) is 1. The third kappa shape index (κ3) is 5.25. The van der Waals surface area contributed by atoms with E-state index < -0.39 is 23.7 Å². The highest BCUT2D eigenvalue weighted by Gasteiger charge is 2.41. The third-order valence-electron chi connectivity index (χ3n) is 7.82. The van der Waals surface area contributed by atoms with Crippen LogP contribution in [0.5, 0.6) is 11.5 Å². The molecule has 1 aliphatic carbocycles. The normalized spacial score (nSPS) is 16.5. The number of carbonyl (C=O) groups excluding carboxylic acids is 3. The van der Waals surface area contributed by atoms with Gasteiger partial charge in [-0.3, -0.25) is 4.79 Å². The van der Waals surface area contributed by atoms with Gasteiger partial charge in [-0.2, -0.15) is 0 Å². The largest absolute Gasteiger partial charge is 0.465 e. The van der Waals surface area contributed by atoms with Gasteiger partial charge in [-0.25, -0.2) is 14.0 Å². The molecular formula is C31H31ClFN3O5S. The van der Waals surface area contributed by atoms with Crippen molar-refractivity contribution < 1.29 is 28.2 Å². The van der Waals surface area contributed by atoms with Gasteiger partial charge in [0.1, 0.15) is 22.3 Å². The van der Waals surface area contributed by atoms with Gasteiger partial charge in [-0.1, -0.05) is 18.5 Å². The highest BCUT2D eigenvalue weighted by atomic mass is 35.5. The predicted octanol–water partition coefficient (Wildman–Crippen LogP) is 7.12. The molecule has 1 aromatic heterocycles. The average molecular weight is 612 g/mol. The lowest BCUT2D eigenvalue weighted by atomic mass is 9.92. The number of allylic oxidation sites excluding steroid dienone is 1. The number of hydrogen-bond acceptors (Lipinski definition) is 6. The topological polar surface area (TPSA) is 88.2 Å². The number of nitrogens with zero attached hydrogens (tertiary/aromatic N) is 2. The average Bonchev–Trinajstić information content (AvgIpc) is 3.56. The number of halogens is 2. The molecular weight excluding hydrogens is 581 g/mol. The van der Waals surface area contributed by atoms with Crippen molar-refractivity contribution in [2.75, 3.05) is 26.5 Å². The van der Waals surface area contributed by atoms with Crippen molar-refractivity contribution in [3.8, 4) is 11.5 Å². The first-order valence-electron chi connectivity index (χ1n) is 13.6. The van der Waals surface area contributed by atoms with E-state index in [1.165, 1.54) is 46.4 Å². The van der Waals surface area contributed by atoms with E-state index in [0.717, 1.165) is 35.3 Å². The van der Waals surface area contributed by atoms with E-state index in [1.807, 2.05) is 6.92 Å². The number of likely N-dealkylation sites (N-methyl/N-ethyl adjacent to an activating group) is 1. The summed E-state index contributed by atoms with van der Waals surface area (Å²) in [5, 5.41) is 3.92. The number of benzene rings is 2. The zero-order valence-electron chi connectivity index (χ0n) is 24.0. The van der Waals surface area contributed by atoms with Crippen molar-refractivity contribution in [3.05, 3.63) is 85.6 Å². The summed E-state index contributed by atoms with van der Waals surface area (Å²) in [7, 11) is 4.43. The van der Waals surface area contributed by atoms with Gasteiger partial charge in [0.2, 0.25) is 0 Å². The van der Waals surface area contributed by atoms with Crippen LogP contribution in [0, 0.1) is 5.82 Å². The number of amides is 3. The molecule has 1 unspecified atom stereocenters. The summed E-state index contributed by atoms with van der Waals surface area (Å²) < 4.78 is 26.1. The molecule has 5 rings (SSSR count). The smallest absolute Gasteiger partial charge is 0.341 e. The maximum atomic E-state index is 14.8. The van der Waals surface area contributed by atoms with Gasteiger partial charge in [0.25, 0.3) is 5.91 Å². The molecule has 0 saturated heterocycles. The molecule has 0 bridgehead atoms. The molecule has 0 fully saturated rings. The minimum Gasteiger partial charge on any atom is -0.465 e. The van der Waals surface area contributed by atoms with E-state index in [9.17, 15) is 18.8 Å². The Morgan fingerprint density at radius 3 is 2.64 bits per heavy atom. The first-order valence-corrected chi connectivity index (χ1v) is 14.8. The summed E-state index contributed by atoms with van der Waals surface area (Å²) >= 11 is 7.64. The molecule has 8 nitrogen and oxygen atoms in total. The van der Waals surface area contributed by atoms with Gasteiger partial charge in [-0.15, -0.1) is 11.3 Å². The second-order valence-corrected chi connectivity index (χ2v) is 11.8. The van der Waals surface area contributed by atoms with Crippen LogP contribution < -0.4 is 10.1 Å². The Morgan fingerprint density at radius 2 is 1.93 bits per heavy atom. The molecule has 11 heteroatoms. The summed E-state index contributed by atoms with van der Waals surface area (Å²) in [6.07, 6.45) is 3.16. The third-order valence-corrected chi connectivity index (χ3v) is 9.39. The number of rotatable bonds is 7. The van der Waals surface area contributed by atoms with Crippen LogP contribution in [0.1, 0.15) is 58.2 Å². The Kier molecular flexibility index (Phi) is 8.30. The van der Waals surface area contributed by atoms with E-state index in [4.69, 9.17) is 21.1 Å². The quantitative estimate of drug-likeness (QED) is 0.287. The molecule has 3 amide bonds. The van der Waals surface area contributed by atoms with Crippen molar-refractivity contribution in [2.24, 2.45) is 0 Å². The van der Waals surface area contributed by atoms with E-state index in [1.54, 1.807) is 39.2 Å². The van der Waals surface area contributed by atoms with Gasteiger partial charge in [-0.05, 0) is 80.1 Å². The molecule has 1 N–H and O–H groups in total. The first kappa shape index (κ1) is 29.6. The van der Waals surface area contributed by atoms with Crippen molar-refractivity contribution >= 4 is 45.8 Å². The molecule has 42 heavy (non-hydrogen) atoms. The number of nitrogens with one attached hydrogen (secondary N) is 1. The van der Waals surface area contributed by atoms with Gasteiger partial charge >= 0.3 is 12.0 Å². The summed E-state index contributed by atoms with van der Waals surface area (Å²) in [4.78, 5) is 43.9. The molecule has 2 aromatic carbocycles. The fourth-order valence-corrected chi connectivity index (χ4v) is 7.06. The van der Waals surface area contributed by atoms with Gasteiger partial charge in [0, 0.05) is 35.3 Å². The molecule has 2 heterocycles. The lowest BCUT2D eigenvalue weighted by molar-refractivity contribution is -0.113. The van der Waals surface area contributed by atoms with E-state index in [-0.39, 0.29) is 17.4 Å². The molecule has 2 aliphatic rings. The van der Waals surface area contributed by atoms with Crippen molar-refractivity contribution in [1.82, 2.24) is 9.80 Å². The molecule has 3 aromatic rings. The molecule has 220 valence electrons. The van der Waals surface area contributed by atoms with Crippen molar-refractivity contribution in [1.29, 1.82) is 0 Å². The standard InChI is InChI=1S/C31H31ClFN3O5S/c1-6-17-14-19(11-12-22(17)32)41-23-13-10-18(33)15-21(23)27-25(16(2)35(3)31(39)36(27)4)28(37)34-29-26(30(38)40-5)20-8-7-9-24(20)42-29/h10-15,27H,6-9H2,1-5H3,(H,34,37). The van der Waals surface area contributed by atoms with Crippen LogP contribution in [-0.2, 0) is 28.8 Å². The second-order valence-electron chi connectivity index (χ2n) is 10.3. The van der Waals surface area contributed by atoms with E-state index >= 15 is 0 Å². The van der Waals surface area contributed by atoms with Gasteiger partial charge < -0.3 is 24.6 Å². The zero-order valence-corrected chi connectivity index (χ0v) is 25.5. The number of ether oxygens (including phenoxy) is 2. The minimum absolute atomic E-state index is 0.213.